The van der Waals surface area contributed by atoms with E-state index in [0.717, 1.165) is 22.2 Å². The normalized spacial score (nSPS) is 13.7. The molecule has 146 valence electrons. The number of rotatable bonds is 5. The summed E-state index contributed by atoms with van der Waals surface area (Å²) in [5.74, 6) is -0.282. The smallest absolute Gasteiger partial charge is 0.374 e. The lowest BCUT2D eigenvalue weighted by atomic mass is 10.1. The number of nitrogens with zero attached hydrogens (tertiary/aromatic N) is 1. The van der Waals surface area contributed by atoms with Crippen LogP contribution < -0.4 is 10.0 Å². The molecule has 8 heteroatoms. The summed E-state index contributed by atoms with van der Waals surface area (Å²) in [6, 6.07) is 12.4. The van der Waals surface area contributed by atoms with Crippen molar-refractivity contribution in [3.05, 3.63) is 59.4 Å². The molecule has 0 atom stereocenters. The van der Waals surface area contributed by atoms with E-state index >= 15 is 0 Å². The highest BCUT2D eigenvalue weighted by Gasteiger charge is 2.27. The molecule has 1 aromatic heterocycles. The molecule has 0 radical (unpaired) electrons. The summed E-state index contributed by atoms with van der Waals surface area (Å²) < 4.78 is 34.1. The van der Waals surface area contributed by atoms with Gasteiger partial charge in [0.2, 0.25) is 15.8 Å². The number of ether oxygens (including phenoxy) is 1. The zero-order valence-electron chi connectivity index (χ0n) is 15.3. The SMILES string of the molecule is CCOC(=O)c1oc2ccccc2c1CN1CCc2cc(S(N)(=O)=O)ccc21. The van der Waals surface area contributed by atoms with Gasteiger partial charge in [0.25, 0.3) is 0 Å². The van der Waals surface area contributed by atoms with Crippen LogP contribution in [0.2, 0.25) is 0 Å². The number of hydrogen-bond donors (Lipinski definition) is 1. The number of primary sulfonamides is 1. The number of esters is 1. The van der Waals surface area contributed by atoms with Gasteiger partial charge in [-0.25, -0.2) is 18.4 Å². The van der Waals surface area contributed by atoms with E-state index in [1.54, 1.807) is 19.1 Å². The fourth-order valence-electron chi connectivity index (χ4n) is 3.60. The molecule has 0 fully saturated rings. The third-order valence-electron chi connectivity index (χ3n) is 4.88. The van der Waals surface area contributed by atoms with Crippen LogP contribution in [0, 0.1) is 0 Å². The van der Waals surface area contributed by atoms with Gasteiger partial charge < -0.3 is 14.1 Å². The van der Waals surface area contributed by atoms with E-state index in [4.69, 9.17) is 14.3 Å². The van der Waals surface area contributed by atoms with Gasteiger partial charge in [0.15, 0.2) is 0 Å². The van der Waals surface area contributed by atoms with Crippen molar-refractivity contribution >= 4 is 32.6 Å². The maximum absolute atomic E-state index is 12.4. The van der Waals surface area contributed by atoms with Gasteiger partial charge in [-0.05, 0) is 43.2 Å². The zero-order valence-corrected chi connectivity index (χ0v) is 16.2. The van der Waals surface area contributed by atoms with Crippen LogP contribution in [-0.4, -0.2) is 27.5 Å². The number of carbonyl (C=O) groups is 1. The van der Waals surface area contributed by atoms with Crippen molar-refractivity contribution in [2.24, 2.45) is 5.14 Å². The van der Waals surface area contributed by atoms with Crippen LogP contribution in [0.15, 0.2) is 51.8 Å². The Morgan fingerprint density at radius 1 is 1.25 bits per heavy atom. The predicted molar refractivity (Wildman–Crippen MR) is 105 cm³/mol. The standard InChI is InChI=1S/C20H20N2O5S/c1-2-26-20(23)19-16(15-5-3-4-6-18(15)27-19)12-22-10-9-13-11-14(28(21,24)25)7-8-17(13)22/h3-8,11H,2,9-10,12H2,1H3,(H2,21,24,25). The minimum absolute atomic E-state index is 0.106. The number of nitrogens with two attached hydrogens (primary N) is 1. The van der Waals surface area contributed by atoms with Crippen molar-refractivity contribution in [1.82, 2.24) is 0 Å². The Kier molecular flexibility index (Phi) is 4.60. The van der Waals surface area contributed by atoms with Crippen molar-refractivity contribution in [2.75, 3.05) is 18.1 Å². The molecule has 2 heterocycles. The molecule has 0 saturated heterocycles. The lowest BCUT2D eigenvalue weighted by Crippen LogP contribution is -2.21. The van der Waals surface area contributed by atoms with Crippen molar-refractivity contribution in [3.63, 3.8) is 0 Å². The van der Waals surface area contributed by atoms with Crippen LogP contribution in [0.25, 0.3) is 11.0 Å². The van der Waals surface area contributed by atoms with Gasteiger partial charge in [0, 0.05) is 29.7 Å². The number of sulfonamides is 1. The molecule has 0 bridgehead atoms. The molecule has 28 heavy (non-hydrogen) atoms. The molecule has 1 aliphatic rings. The van der Waals surface area contributed by atoms with Crippen LogP contribution in [-0.2, 0) is 27.7 Å². The molecular formula is C20H20N2O5S. The van der Waals surface area contributed by atoms with Gasteiger partial charge in [-0.1, -0.05) is 18.2 Å². The maximum Gasteiger partial charge on any atom is 0.374 e. The highest BCUT2D eigenvalue weighted by atomic mass is 32.2. The topological polar surface area (TPSA) is 103 Å². The molecule has 0 amide bonds. The van der Waals surface area contributed by atoms with Gasteiger partial charge in [0.05, 0.1) is 11.5 Å². The van der Waals surface area contributed by atoms with E-state index in [1.165, 1.54) is 6.07 Å². The third-order valence-corrected chi connectivity index (χ3v) is 5.79. The molecule has 0 spiro atoms. The van der Waals surface area contributed by atoms with Crippen LogP contribution in [0.1, 0.15) is 28.6 Å². The van der Waals surface area contributed by atoms with Gasteiger partial charge in [-0.15, -0.1) is 0 Å². The minimum atomic E-state index is -3.74. The predicted octanol–water partition coefficient (Wildman–Crippen LogP) is 2.82. The molecular weight excluding hydrogens is 380 g/mol. The van der Waals surface area contributed by atoms with Gasteiger partial charge >= 0.3 is 5.97 Å². The second-order valence-corrected chi connectivity index (χ2v) is 8.19. The van der Waals surface area contributed by atoms with Crippen molar-refractivity contribution in [3.8, 4) is 0 Å². The Bertz CT molecular complexity index is 1170. The Morgan fingerprint density at radius 3 is 2.79 bits per heavy atom. The first-order valence-corrected chi connectivity index (χ1v) is 10.5. The minimum Gasteiger partial charge on any atom is -0.460 e. The molecule has 2 N–H and O–H groups in total. The fourth-order valence-corrected chi connectivity index (χ4v) is 4.16. The summed E-state index contributed by atoms with van der Waals surface area (Å²) in [5, 5.41) is 6.10. The van der Waals surface area contributed by atoms with Crippen LogP contribution in [0.4, 0.5) is 5.69 Å². The Balaban J connectivity index is 1.72. The van der Waals surface area contributed by atoms with Crippen LogP contribution in [0.5, 0.6) is 0 Å². The first kappa shape index (κ1) is 18.5. The van der Waals surface area contributed by atoms with E-state index in [2.05, 4.69) is 4.90 Å². The second kappa shape index (κ2) is 6.96. The van der Waals surface area contributed by atoms with Crippen molar-refractivity contribution in [2.45, 2.75) is 24.8 Å². The molecule has 0 unspecified atom stereocenters. The summed E-state index contributed by atoms with van der Waals surface area (Å²) in [5.41, 5.74) is 3.23. The van der Waals surface area contributed by atoms with E-state index in [0.29, 0.717) is 25.1 Å². The lowest BCUT2D eigenvalue weighted by Gasteiger charge is -2.19. The molecule has 0 saturated carbocycles. The first-order chi connectivity index (χ1) is 13.4. The molecule has 4 rings (SSSR count). The maximum atomic E-state index is 12.4. The number of carbonyl (C=O) groups excluding carboxylic acids is 1. The molecule has 7 nitrogen and oxygen atoms in total. The van der Waals surface area contributed by atoms with E-state index in [9.17, 15) is 13.2 Å². The number of benzene rings is 2. The first-order valence-electron chi connectivity index (χ1n) is 8.96. The second-order valence-electron chi connectivity index (χ2n) is 6.63. The highest BCUT2D eigenvalue weighted by molar-refractivity contribution is 7.89. The van der Waals surface area contributed by atoms with E-state index in [-0.39, 0.29) is 17.3 Å². The molecule has 2 aromatic carbocycles. The van der Waals surface area contributed by atoms with Gasteiger partial charge in [-0.2, -0.15) is 0 Å². The van der Waals surface area contributed by atoms with E-state index in [1.807, 2.05) is 24.3 Å². The molecule has 0 aliphatic carbocycles. The molecule has 1 aliphatic heterocycles. The Labute approximate surface area is 162 Å². The largest absolute Gasteiger partial charge is 0.460 e. The van der Waals surface area contributed by atoms with Gasteiger partial charge in [-0.3, -0.25) is 0 Å². The highest BCUT2D eigenvalue weighted by Crippen LogP contribution is 2.34. The number of furan rings is 1. The third kappa shape index (κ3) is 3.25. The fraction of sp³-hybridized carbons (Fsp3) is 0.250. The Hall–Kier alpha value is -2.84. The number of fused-ring (bicyclic) bond motifs is 2. The van der Waals surface area contributed by atoms with Crippen molar-refractivity contribution in [1.29, 1.82) is 0 Å². The van der Waals surface area contributed by atoms with E-state index < -0.39 is 16.0 Å². The zero-order chi connectivity index (χ0) is 19.9. The summed E-state index contributed by atoms with van der Waals surface area (Å²) in [6.45, 7) is 3.16. The average Bonchev–Trinajstić information content (AvgIpc) is 3.23. The lowest BCUT2D eigenvalue weighted by molar-refractivity contribution is 0.0491. The molecule has 3 aromatic rings. The van der Waals surface area contributed by atoms with Crippen LogP contribution >= 0.6 is 0 Å². The Morgan fingerprint density at radius 2 is 2.04 bits per heavy atom. The summed E-state index contributed by atoms with van der Waals surface area (Å²) in [7, 11) is -3.74. The summed E-state index contributed by atoms with van der Waals surface area (Å²) >= 11 is 0. The number of anilines is 1. The quantitative estimate of drug-likeness (QED) is 0.661. The number of hydrogen-bond acceptors (Lipinski definition) is 6. The average molecular weight is 400 g/mol. The monoisotopic (exact) mass is 400 g/mol. The van der Waals surface area contributed by atoms with Crippen molar-refractivity contribution < 1.29 is 22.4 Å². The van der Waals surface area contributed by atoms with Crippen LogP contribution in [0.3, 0.4) is 0 Å². The summed E-state index contributed by atoms with van der Waals surface area (Å²) in [6.07, 6.45) is 0.698. The number of para-hydroxylation sites is 1. The van der Waals surface area contributed by atoms with Gasteiger partial charge in [0.1, 0.15) is 5.58 Å². The summed E-state index contributed by atoms with van der Waals surface area (Å²) in [4.78, 5) is 14.6.